The van der Waals surface area contributed by atoms with Crippen LogP contribution in [0.4, 0.5) is 0 Å². The van der Waals surface area contributed by atoms with E-state index in [4.69, 9.17) is 4.74 Å². The molecule has 1 amide bonds. The molecule has 0 saturated carbocycles. The van der Waals surface area contributed by atoms with Crippen LogP contribution >= 0.6 is 0 Å². The Labute approximate surface area is 384 Å². The van der Waals surface area contributed by atoms with Crippen LogP contribution in [0, 0.1) is 0 Å². The number of unbranched alkanes of at least 4 members (excludes halogenated alkanes) is 25. The fourth-order valence-electron chi connectivity index (χ4n) is 7.77. The average Bonchev–Trinajstić information content (AvgIpc) is 3.26. The molecule has 62 heavy (non-hydrogen) atoms. The van der Waals surface area contributed by atoms with E-state index in [1.807, 2.05) is 0 Å². The summed E-state index contributed by atoms with van der Waals surface area (Å²) in [5.41, 5.74) is 0. The summed E-state index contributed by atoms with van der Waals surface area (Å²) in [6.45, 7) is 6.38. The molecule has 0 heterocycles. The molecule has 360 valence electrons. The molecule has 6 heteroatoms. The van der Waals surface area contributed by atoms with Crippen molar-refractivity contribution in [2.24, 2.45) is 0 Å². The minimum absolute atomic E-state index is 0.0521. The fraction of sp³-hybridized carbons (Fsp3) is 0.786. The van der Waals surface area contributed by atoms with E-state index in [0.29, 0.717) is 19.3 Å². The van der Waals surface area contributed by atoms with E-state index in [1.54, 1.807) is 0 Å². The molecule has 0 aliphatic carbocycles. The van der Waals surface area contributed by atoms with Crippen LogP contribution in [0.15, 0.2) is 60.8 Å². The van der Waals surface area contributed by atoms with Gasteiger partial charge in [0, 0.05) is 6.42 Å². The lowest BCUT2D eigenvalue weighted by Crippen LogP contribution is -2.46. The maximum absolute atomic E-state index is 13.2. The van der Waals surface area contributed by atoms with Gasteiger partial charge in [0.1, 0.15) is 6.10 Å². The number of allylic oxidation sites excluding steroid dienone is 10. The molecule has 0 aromatic heterocycles. The van der Waals surface area contributed by atoms with E-state index in [-0.39, 0.29) is 24.9 Å². The Morgan fingerprint density at radius 1 is 0.468 bits per heavy atom. The van der Waals surface area contributed by atoms with Crippen LogP contribution in [0.25, 0.3) is 0 Å². The summed E-state index contributed by atoms with van der Waals surface area (Å²) in [7, 11) is 0. The van der Waals surface area contributed by atoms with Crippen molar-refractivity contribution < 1.29 is 24.5 Å². The first kappa shape index (κ1) is 59.6. The molecule has 0 rings (SSSR count). The van der Waals surface area contributed by atoms with Gasteiger partial charge in [-0.25, -0.2) is 0 Å². The first-order valence-electron chi connectivity index (χ1n) is 26.5. The van der Waals surface area contributed by atoms with Gasteiger partial charge >= 0.3 is 5.97 Å². The van der Waals surface area contributed by atoms with Crippen molar-refractivity contribution in [2.45, 2.75) is 277 Å². The third kappa shape index (κ3) is 44.2. The Hall–Kier alpha value is -2.44. The van der Waals surface area contributed by atoms with Gasteiger partial charge < -0.3 is 20.3 Å². The van der Waals surface area contributed by atoms with Crippen molar-refractivity contribution in [1.29, 1.82) is 0 Å². The second-order valence-electron chi connectivity index (χ2n) is 17.9. The Bertz CT molecular complexity index is 1110. The third-order valence-electron chi connectivity index (χ3n) is 11.8. The lowest BCUT2D eigenvalue weighted by atomic mass is 10.0. The van der Waals surface area contributed by atoms with Gasteiger partial charge in [-0.2, -0.15) is 0 Å². The number of carbonyl (C=O) groups excluding carboxylic acids is 2. The summed E-state index contributed by atoms with van der Waals surface area (Å²) in [4.78, 5) is 26.1. The molecule has 0 bridgehead atoms. The molecule has 0 aliphatic heterocycles. The van der Waals surface area contributed by atoms with E-state index in [2.05, 4.69) is 86.8 Å². The van der Waals surface area contributed by atoms with E-state index < -0.39 is 18.2 Å². The van der Waals surface area contributed by atoms with Gasteiger partial charge in [-0.1, -0.05) is 216 Å². The number of aliphatic hydroxyl groups excluding tert-OH is 2. The van der Waals surface area contributed by atoms with Gasteiger partial charge in [0.2, 0.25) is 5.91 Å². The van der Waals surface area contributed by atoms with Crippen LogP contribution in [-0.4, -0.2) is 46.9 Å². The summed E-state index contributed by atoms with van der Waals surface area (Å²) >= 11 is 0. The number of amides is 1. The van der Waals surface area contributed by atoms with Crippen molar-refractivity contribution in [3.63, 3.8) is 0 Å². The zero-order chi connectivity index (χ0) is 45.2. The van der Waals surface area contributed by atoms with Crippen LogP contribution in [0.3, 0.4) is 0 Å². The molecule has 0 saturated heterocycles. The number of esters is 1. The van der Waals surface area contributed by atoms with Crippen molar-refractivity contribution >= 4 is 11.9 Å². The number of carbonyl (C=O) groups is 2. The SMILES string of the molecule is CCC/C=C\CCCCCC(CC(=O)NC(CO)C(O)CCCCCCCCCCCCCCCCCC)OC(=O)CCCCC/C=C\C/C=C\C/C=C\C/C=C\CCCCC. The molecule has 6 nitrogen and oxygen atoms in total. The molecular formula is C56H101NO5. The number of nitrogens with one attached hydrogen (secondary N) is 1. The second-order valence-corrected chi connectivity index (χ2v) is 17.9. The molecule has 0 aliphatic rings. The van der Waals surface area contributed by atoms with Gasteiger partial charge in [0.05, 0.1) is 25.2 Å². The zero-order valence-corrected chi connectivity index (χ0v) is 41.0. The number of aliphatic hydroxyl groups is 2. The highest BCUT2D eigenvalue weighted by atomic mass is 16.5. The smallest absolute Gasteiger partial charge is 0.306 e. The first-order chi connectivity index (χ1) is 30.5. The van der Waals surface area contributed by atoms with Gasteiger partial charge in [0.15, 0.2) is 0 Å². The largest absolute Gasteiger partial charge is 0.462 e. The van der Waals surface area contributed by atoms with E-state index in [0.717, 1.165) is 103 Å². The van der Waals surface area contributed by atoms with Crippen molar-refractivity contribution in [1.82, 2.24) is 5.32 Å². The lowest BCUT2D eigenvalue weighted by molar-refractivity contribution is -0.151. The molecule has 3 N–H and O–H groups in total. The monoisotopic (exact) mass is 868 g/mol. The Morgan fingerprint density at radius 2 is 0.855 bits per heavy atom. The van der Waals surface area contributed by atoms with Gasteiger partial charge in [-0.3, -0.25) is 9.59 Å². The number of hydrogen-bond acceptors (Lipinski definition) is 5. The number of hydrogen-bond donors (Lipinski definition) is 3. The van der Waals surface area contributed by atoms with Gasteiger partial charge in [-0.05, 0) is 89.9 Å². The van der Waals surface area contributed by atoms with Gasteiger partial charge in [0.25, 0.3) is 0 Å². The average molecular weight is 868 g/mol. The summed E-state index contributed by atoms with van der Waals surface area (Å²) < 4.78 is 5.89. The molecule has 3 atom stereocenters. The van der Waals surface area contributed by atoms with Crippen LogP contribution < -0.4 is 5.32 Å². The van der Waals surface area contributed by atoms with Crippen LogP contribution in [0.1, 0.15) is 258 Å². The zero-order valence-electron chi connectivity index (χ0n) is 41.0. The second kappa shape index (κ2) is 49.6. The van der Waals surface area contributed by atoms with Crippen LogP contribution in [0.5, 0.6) is 0 Å². The predicted octanol–water partition coefficient (Wildman–Crippen LogP) is 16.0. The molecule has 0 radical (unpaired) electrons. The van der Waals surface area contributed by atoms with Crippen molar-refractivity contribution in [3.05, 3.63) is 60.8 Å². The Kier molecular flexibility index (Phi) is 47.6. The Morgan fingerprint density at radius 3 is 1.35 bits per heavy atom. The summed E-state index contributed by atoms with van der Waals surface area (Å²) in [6, 6.07) is -0.713. The first-order valence-corrected chi connectivity index (χ1v) is 26.5. The fourth-order valence-corrected chi connectivity index (χ4v) is 7.77. The normalized spacial score (nSPS) is 13.7. The highest BCUT2D eigenvalue weighted by Crippen LogP contribution is 2.17. The highest BCUT2D eigenvalue weighted by molar-refractivity contribution is 5.77. The quantitative estimate of drug-likeness (QED) is 0.0322. The minimum atomic E-state index is -0.798. The summed E-state index contributed by atoms with van der Waals surface area (Å²) in [5.74, 6) is -0.528. The van der Waals surface area contributed by atoms with Gasteiger partial charge in [-0.15, -0.1) is 0 Å². The lowest BCUT2D eigenvalue weighted by Gasteiger charge is -2.24. The standard InChI is InChI=1S/C56H101NO5/c1-4-7-10-13-16-19-21-23-25-27-28-29-31-33-35-37-40-43-46-49-56(61)62-52(47-44-41-38-18-15-12-9-6-3)50-55(60)57-53(51-58)54(59)48-45-42-39-36-34-32-30-26-24-22-20-17-14-11-8-5-2/h12,15-16,19,23,25,28-29,33,35,52-54,58-59H,4-11,13-14,17-18,20-22,24,26-27,30-32,34,36-51H2,1-3H3,(H,57,60)/b15-12-,19-16-,25-23-,29-28-,35-33-. The van der Waals surface area contributed by atoms with Crippen LogP contribution in [0.2, 0.25) is 0 Å². The van der Waals surface area contributed by atoms with Crippen LogP contribution in [-0.2, 0) is 14.3 Å². The molecule has 0 fully saturated rings. The molecule has 0 spiro atoms. The summed E-state index contributed by atoms with van der Waals surface area (Å²) in [5, 5.41) is 23.7. The third-order valence-corrected chi connectivity index (χ3v) is 11.8. The van der Waals surface area contributed by atoms with E-state index in [9.17, 15) is 19.8 Å². The van der Waals surface area contributed by atoms with Crippen molar-refractivity contribution in [2.75, 3.05) is 6.61 Å². The molecule has 0 aromatic carbocycles. The summed E-state index contributed by atoms with van der Waals surface area (Å²) in [6.07, 6.45) is 61.5. The Balaban J connectivity index is 4.44. The molecule has 3 unspecified atom stereocenters. The van der Waals surface area contributed by atoms with E-state index >= 15 is 0 Å². The topological polar surface area (TPSA) is 95.9 Å². The maximum atomic E-state index is 13.2. The maximum Gasteiger partial charge on any atom is 0.306 e. The number of rotatable bonds is 47. The highest BCUT2D eigenvalue weighted by Gasteiger charge is 2.24. The number of ether oxygens (including phenoxy) is 1. The van der Waals surface area contributed by atoms with Crippen molar-refractivity contribution in [3.8, 4) is 0 Å². The minimum Gasteiger partial charge on any atom is -0.462 e. The molecular weight excluding hydrogens is 767 g/mol. The predicted molar refractivity (Wildman–Crippen MR) is 268 cm³/mol. The van der Waals surface area contributed by atoms with E-state index in [1.165, 1.54) is 109 Å². The molecule has 0 aromatic rings.